The first-order valence-corrected chi connectivity index (χ1v) is 7.84. The fraction of sp³-hybridized carbons (Fsp3) is 0.571. The van der Waals surface area contributed by atoms with Crippen LogP contribution >= 0.6 is 27.5 Å². The molecule has 0 aromatic heterocycles. The molecule has 0 bridgehead atoms. The van der Waals surface area contributed by atoms with Crippen molar-refractivity contribution in [3.05, 3.63) is 27.7 Å². The molecule has 5 heteroatoms. The van der Waals surface area contributed by atoms with Crippen LogP contribution in [0.4, 0.5) is 0 Å². The lowest BCUT2D eigenvalue weighted by Gasteiger charge is -2.24. The molecule has 1 unspecified atom stereocenters. The Morgan fingerprint density at radius 2 is 2.37 bits per heavy atom. The molecule has 1 fully saturated rings. The van der Waals surface area contributed by atoms with Gasteiger partial charge in [-0.05, 0) is 60.6 Å². The Hall–Kier alpha value is -0.290. The largest absolute Gasteiger partial charge is 0.491 e. The fourth-order valence-electron chi connectivity index (χ4n) is 2.52. The van der Waals surface area contributed by atoms with Gasteiger partial charge < -0.3 is 10.1 Å². The molecule has 0 aliphatic carbocycles. The second-order valence-electron chi connectivity index (χ2n) is 4.81. The van der Waals surface area contributed by atoms with Gasteiger partial charge >= 0.3 is 0 Å². The van der Waals surface area contributed by atoms with Crippen molar-refractivity contribution >= 4 is 27.5 Å². The molecule has 0 saturated carbocycles. The SMILES string of the molecule is CNCC1CCCN1CCOc1ccc(Cl)cc1Br. The van der Waals surface area contributed by atoms with Crippen LogP contribution in [0.3, 0.4) is 0 Å². The summed E-state index contributed by atoms with van der Waals surface area (Å²) in [4.78, 5) is 2.50. The van der Waals surface area contributed by atoms with Crippen molar-refractivity contribution in [3.8, 4) is 5.75 Å². The van der Waals surface area contributed by atoms with Crippen molar-refractivity contribution in [1.29, 1.82) is 0 Å². The Morgan fingerprint density at radius 3 is 3.11 bits per heavy atom. The van der Waals surface area contributed by atoms with Gasteiger partial charge in [0.1, 0.15) is 12.4 Å². The zero-order valence-corrected chi connectivity index (χ0v) is 13.5. The minimum absolute atomic E-state index is 0.655. The van der Waals surface area contributed by atoms with Crippen molar-refractivity contribution in [2.75, 3.05) is 33.3 Å². The Bertz CT molecular complexity index is 416. The predicted octanol–water partition coefficient (Wildman–Crippen LogP) is 3.17. The lowest BCUT2D eigenvalue weighted by atomic mass is 10.2. The molecule has 3 nitrogen and oxygen atoms in total. The number of benzene rings is 1. The highest BCUT2D eigenvalue weighted by Crippen LogP contribution is 2.28. The van der Waals surface area contributed by atoms with E-state index in [4.69, 9.17) is 16.3 Å². The molecule has 1 N–H and O–H groups in total. The van der Waals surface area contributed by atoms with Crippen molar-refractivity contribution in [2.45, 2.75) is 18.9 Å². The van der Waals surface area contributed by atoms with Crippen LogP contribution in [-0.4, -0.2) is 44.2 Å². The lowest BCUT2D eigenvalue weighted by Crippen LogP contribution is -2.39. The summed E-state index contributed by atoms with van der Waals surface area (Å²) < 4.78 is 6.72. The van der Waals surface area contributed by atoms with Gasteiger partial charge in [-0.15, -0.1) is 0 Å². The summed E-state index contributed by atoms with van der Waals surface area (Å²) >= 11 is 9.37. The monoisotopic (exact) mass is 346 g/mol. The number of likely N-dealkylation sites (N-methyl/N-ethyl adjacent to an activating group) is 1. The summed E-state index contributed by atoms with van der Waals surface area (Å²) in [5.41, 5.74) is 0. The summed E-state index contributed by atoms with van der Waals surface area (Å²) in [7, 11) is 2.01. The van der Waals surface area contributed by atoms with E-state index in [0.717, 1.165) is 23.3 Å². The van der Waals surface area contributed by atoms with Gasteiger partial charge in [0.2, 0.25) is 0 Å². The molecule has 0 spiro atoms. The standard InChI is InChI=1S/C14H20BrClN2O/c1-17-10-12-3-2-6-18(12)7-8-19-14-5-4-11(16)9-13(14)15/h4-5,9,12,17H,2-3,6-8,10H2,1H3. The highest BCUT2D eigenvalue weighted by atomic mass is 79.9. The number of likely N-dealkylation sites (tertiary alicyclic amines) is 1. The molecule has 106 valence electrons. The first-order chi connectivity index (χ1) is 9.20. The molecule has 1 saturated heterocycles. The van der Waals surface area contributed by atoms with Gasteiger partial charge in [-0.25, -0.2) is 0 Å². The molecule has 19 heavy (non-hydrogen) atoms. The maximum atomic E-state index is 5.91. The molecule has 2 rings (SSSR count). The second kappa shape index (κ2) is 7.48. The number of hydrogen-bond donors (Lipinski definition) is 1. The highest BCUT2D eigenvalue weighted by Gasteiger charge is 2.23. The van der Waals surface area contributed by atoms with Crippen LogP contribution in [0.1, 0.15) is 12.8 Å². The summed E-state index contributed by atoms with van der Waals surface area (Å²) in [6.45, 7) is 3.92. The van der Waals surface area contributed by atoms with Gasteiger partial charge in [0.25, 0.3) is 0 Å². The smallest absolute Gasteiger partial charge is 0.133 e. The molecule has 1 aliphatic heterocycles. The van der Waals surface area contributed by atoms with Crippen LogP contribution in [-0.2, 0) is 0 Å². The lowest BCUT2D eigenvalue weighted by molar-refractivity contribution is 0.195. The minimum atomic E-state index is 0.655. The molecule has 1 aromatic carbocycles. The molecular formula is C14H20BrClN2O. The van der Waals surface area contributed by atoms with Crippen LogP contribution in [0.25, 0.3) is 0 Å². The third-order valence-electron chi connectivity index (χ3n) is 3.47. The zero-order chi connectivity index (χ0) is 13.7. The Balaban J connectivity index is 1.79. The van der Waals surface area contributed by atoms with Crippen molar-refractivity contribution in [3.63, 3.8) is 0 Å². The molecule has 0 amide bonds. The van der Waals surface area contributed by atoms with Crippen LogP contribution in [0.2, 0.25) is 5.02 Å². The van der Waals surface area contributed by atoms with Crippen LogP contribution in [0.5, 0.6) is 5.75 Å². The normalized spacial score (nSPS) is 19.8. The number of hydrogen-bond acceptors (Lipinski definition) is 3. The third kappa shape index (κ3) is 4.35. The van der Waals surface area contributed by atoms with Crippen molar-refractivity contribution in [1.82, 2.24) is 10.2 Å². The molecular weight excluding hydrogens is 328 g/mol. The summed E-state index contributed by atoms with van der Waals surface area (Å²) in [6.07, 6.45) is 2.57. The zero-order valence-electron chi connectivity index (χ0n) is 11.2. The maximum absolute atomic E-state index is 5.91. The van der Waals surface area contributed by atoms with E-state index >= 15 is 0 Å². The van der Waals surface area contributed by atoms with E-state index in [1.165, 1.54) is 19.4 Å². The van der Waals surface area contributed by atoms with E-state index in [-0.39, 0.29) is 0 Å². The molecule has 1 heterocycles. The molecule has 1 aromatic rings. The van der Waals surface area contributed by atoms with Gasteiger partial charge in [0.05, 0.1) is 4.47 Å². The van der Waals surface area contributed by atoms with Crippen LogP contribution in [0.15, 0.2) is 22.7 Å². The van der Waals surface area contributed by atoms with E-state index < -0.39 is 0 Å². The van der Waals surface area contributed by atoms with E-state index in [0.29, 0.717) is 17.7 Å². The minimum Gasteiger partial charge on any atom is -0.491 e. The Kier molecular flexibility index (Phi) is 5.95. The van der Waals surface area contributed by atoms with Gasteiger partial charge in [0, 0.05) is 24.2 Å². The topological polar surface area (TPSA) is 24.5 Å². The highest BCUT2D eigenvalue weighted by molar-refractivity contribution is 9.10. The third-order valence-corrected chi connectivity index (χ3v) is 4.32. The van der Waals surface area contributed by atoms with E-state index in [1.54, 1.807) is 0 Å². The van der Waals surface area contributed by atoms with Gasteiger partial charge in [-0.3, -0.25) is 4.90 Å². The number of nitrogens with zero attached hydrogens (tertiary/aromatic N) is 1. The van der Waals surface area contributed by atoms with E-state index in [2.05, 4.69) is 26.1 Å². The second-order valence-corrected chi connectivity index (χ2v) is 6.10. The van der Waals surface area contributed by atoms with Crippen LogP contribution < -0.4 is 10.1 Å². The first kappa shape index (κ1) is 15.1. The number of halogens is 2. The van der Waals surface area contributed by atoms with E-state index in [1.807, 2.05) is 25.2 Å². The average molecular weight is 348 g/mol. The van der Waals surface area contributed by atoms with Crippen molar-refractivity contribution < 1.29 is 4.74 Å². The Morgan fingerprint density at radius 1 is 1.53 bits per heavy atom. The van der Waals surface area contributed by atoms with Gasteiger partial charge in [-0.1, -0.05) is 11.6 Å². The number of nitrogens with one attached hydrogen (secondary N) is 1. The first-order valence-electron chi connectivity index (χ1n) is 6.67. The quantitative estimate of drug-likeness (QED) is 0.855. The fourth-order valence-corrected chi connectivity index (χ4v) is 3.32. The predicted molar refractivity (Wildman–Crippen MR) is 83.2 cm³/mol. The van der Waals surface area contributed by atoms with Crippen LogP contribution in [0, 0.1) is 0 Å². The maximum Gasteiger partial charge on any atom is 0.133 e. The molecule has 0 radical (unpaired) electrons. The summed E-state index contributed by atoms with van der Waals surface area (Å²) in [6, 6.07) is 6.27. The summed E-state index contributed by atoms with van der Waals surface area (Å²) in [5, 5.41) is 3.97. The van der Waals surface area contributed by atoms with Crippen molar-refractivity contribution in [2.24, 2.45) is 0 Å². The average Bonchev–Trinajstić information content (AvgIpc) is 2.80. The summed E-state index contributed by atoms with van der Waals surface area (Å²) in [5.74, 6) is 0.855. The van der Waals surface area contributed by atoms with E-state index in [9.17, 15) is 0 Å². The number of ether oxygens (including phenoxy) is 1. The molecule has 1 atom stereocenters. The van der Waals surface area contributed by atoms with Gasteiger partial charge in [-0.2, -0.15) is 0 Å². The van der Waals surface area contributed by atoms with Gasteiger partial charge in [0.15, 0.2) is 0 Å². The molecule has 1 aliphatic rings. The number of rotatable bonds is 6. The Labute approximate surface area is 128 Å².